The zero-order valence-electron chi connectivity index (χ0n) is 14.9. The van der Waals surface area contributed by atoms with E-state index in [1.807, 2.05) is 0 Å². The van der Waals surface area contributed by atoms with Crippen molar-refractivity contribution in [3.63, 3.8) is 0 Å². The second kappa shape index (κ2) is 7.59. The molecule has 0 aliphatic carbocycles. The number of rotatable bonds is 5. The van der Waals surface area contributed by atoms with Gasteiger partial charge >= 0.3 is 0 Å². The van der Waals surface area contributed by atoms with Gasteiger partial charge in [0.2, 0.25) is 5.75 Å². The molecule has 2 aromatic rings. The van der Waals surface area contributed by atoms with Crippen LogP contribution in [-0.2, 0) is 9.59 Å². The molecule has 1 aliphatic rings. The molecule has 0 bridgehead atoms. The molecular formula is C19H17ClN2O5. The molecule has 7 nitrogen and oxygen atoms in total. The van der Waals surface area contributed by atoms with Gasteiger partial charge in [0.1, 0.15) is 5.57 Å². The molecule has 2 aromatic carbocycles. The molecule has 0 spiro atoms. The fourth-order valence-electron chi connectivity index (χ4n) is 2.71. The van der Waals surface area contributed by atoms with Crippen molar-refractivity contribution in [1.82, 2.24) is 5.43 Å². The summed E-state index contributed by atoms with van der Waals surface area (Å²) in [6, 6.07) is 9.93. The molecule has 1 saturated heterocycles. The third-order valence-electron chi connectivity index (χ3n) is 3.96. The zero-order chi connectivity index (χ0) is 19.6. The Kier molecular flexibility index (Phi) is 5.23. The lowest BCUT2D eigenvalue weighted by Gasteiger charge is -2.14. The number of carbonyl (C=O) groups excluding carboxylic acids is 2. The van der Waals surface area contributed by atoms with Crippen LogP contribution in [0, 0.1) is 0 Å². The number of carbonyl (C=O) groups is 2. The Morgan fingerprint density at radius 1 is 1.00 bits per heavy atom. The molecule has 140 valence electrons. The van der Waals surface area contributed by atoms with Crippen molar-refractivity contribution in [2.75, 3.05) is 26.3 Å². The predicted octanol–water partition coefficient (Wildman–Crippen LogP) is 2.83. The van der Waals surface area contributed by atoms with Gasteiger partial charge in [-0.2, -0.15) is 0 Å². The van der Waals surface area contributed by atoms with Crippen LogP contribution in [0.4, 0.5) is 5.69 Å². The van der Waals surface area contributed by atoms with Crippen molar-refractivity contribution < 1.29 is 23.8 Å². The fraction of sp³-hybridized carbons (Fsp3) is 0.158. The van der Waals surface area contributed by atoms with Crippen LogP contribution in [0.5, 0.6) is 17.2 Å². The largest absolute Gasteiger partial charge is 0.493 e. The zero-order valence-corrected chi connectivity index (χ0v) is 15.7. The first kappa shape index (κ1) is 18.6. The third-order valence-corrected chi connectivity index (χ3v) is 4.19. The predicted molar refractivity (Wildman–Crippen MR) is 101 cm³/mol. The number of nitrogens with one attached hydrogen (secondary N) is 1. The number of hydrazine groups is 1. The Hall–Kier alpha value is -3.19. The van der Waals surface area contributed by atoms with Crippen molar-refractivity contribution in [2.24, 2.45) is 0 Å². The van der Waals surface area contributed by atoms with E-state index in [1.54, 1.807) is 36.4 Å². The van der Waals surface area contributed by atoms with Gasteiger partial charge < -0.3 is 14.2 Å². The molecule has 1 heterocycles. The summed E-state index contributed by atoms with van der Waals surface area (Å²) in [4.78, 5) is 25.0. The number of hydrogen-bond acceptors (Lipinski definition) is 5. The standard InChI is InChI=1S/C19H17ClN2O5/c1-25-15-8-11(9-16(26-2)17(15)27-3)7-14-18(23)21-22(19(14)24)13-6-4-5-12(20)10-13/h4-10H,1-3H3,(H,21,23)/b14-7+. The van der Waals surface area contributed by atoms with Crippen LogP contribution in [0.2, 0.25) is 5.02 Å². The number of halogens is 1. The van der Waals surface area contributed by atoms with Gasteiger partial charge in [0.25, 0.3) is 11.8 Å². The summed E-state index contributed by atoms with van der Waals surface area (Å²) in [5.74, 6) is 0.247. The highest BCUT2D eigenvalue weighted by Gasteiger charge is 2.34. The number of methoxy groups -OCH3 is 3. The van der Waals surface area contributed by atoms with Gasteiger partial charge in [-0.05, 0) is 42.0 Å². The normalized spacial score (nSPS) is 15.1. The number of nitrogens with zero attached hydrogens (tertiary/aromatic N) is 1. The fourth-order valence-corrected chi connectivity index (χ4v) is 2.89. The van der Waals surface area contributed by atoms with Crippen molar-refractivity contribution in [3.8, 4) is 17.2 Å². The van der Waals surface area contributed by atoms with Crippen LogP contribution in [0.1, 0.15) is 5.56 Å². The molecule has 0 unspecified atom stereocenters. The minimum atomic E-state index is -0.520. The van der Waals surface area contributed by atoms with E-state index in [0.717, 1.165) is 5.01 Å². The van der Waals surface area contributed by atoms with Gasteiger partial charge in [-0.1, -0.05) is 17.7 Å². The smallest absolute Gasteiger partial charge is 0.282 e. The van der Waals surface area contributed by atoms with Gasteiger partial charge in [0.15, 0.2) is 11.5 Å². The molecule has 0 atom stereocenters. The van der Waals surface area contributed by atoms with E-state index in [2.05, 4.69) is 5.43 Å². The van der Waals surface area contributed by atoms with E-state index in [0.29, 0.717) is 33.5 Å². The maximum absolute atomic E-state index is 12.7. The van der Waals surface area contributed by atoms with Gasteiger partial charge in [-0.3, -0.25) is 15.0 Å². The number of amides is 2. The lowest BCUT2D eigenvalue weighted by atomic mass is 10.1. The van der Waals surface area contributed by atoms with Crippen LogP contribution in [0.15, 0.2) is 42.0 Å². The maximum Gasteiger partial charge on any atom is 0.282 e. The van der Waals surface area contributed by atoms with E-state index in [1.165, 1.54) is 27.4 Å². The summed E-state index contributed by atoms with van der Waals surface area (Å²) in [5.41, 5.74) is 3.52. The van der Waals surface area contributed by atoms with Crippen molar-refractivity contribution in [2.45, 2.75) is 0 Å². The molecule has 1 fully saturated rings. The van der Waals surface area contributed by atoms with Crippen molar-refractivity contribution in [1.29, 1.82) is 0 Å². The molecule has 3 rings (SSSR count). The van der Waals surface area contributed by atoms with E-state index in [4.69, 9.17) is 25.8 Å². The van der Waals surface area contributed by atoms with Gasteiger partial charge in [-0.25, -0.2) is 5.01 Å². The molecule has 2 amide bonds. The molecule has 0 saturated carbocycles. The SMILES string of the molecule is COc1cc(/C=C2\C(=O)NN(c3cccc(Cl)c3)C2=O)cc(OC)c1OC. The van der Waals surface area contributed by atoms with E-state index >= 15 is 0 Å². The molecule has 0 radical (unpaired) electrons. The highest BCUT2D eigenvalue weighted by Crippen LogP contribution is 2.39. The van der Waals surface area contributed by atoms with Crippen molar-refractivity contribution >= 4 is 35.2 Å². The number of anilines is 1. The molecule has 27 heavy (non-hydrogen) atoms. The van der Waals surface area contributed by atoms with Crippen LogP contribution in [0.25, 0.3) is 6.08 Å². The second-order valence-corrected chi connectivity index (χ2v) is 6.01. The van der Waals surface area contributed by atoms with Gasteiger partial charge in [0.05, 0.1) is 27.0 Å². The topological polar surface area (TPSA) is 77.1 Å². The van der Waals surface area contributed by atoms with E-state index in [9.17, 15) is 9.59 Å². The van der Waals surface area contributed by atoms with Gasteiger partial charge in [0, 0.05) is 5.02 Å². The first-order valence-electron chi connectivity index (χ1n) is 7.91. The highest BCUT2D eigenvalue weighted by atomic mass is 35.5. The summed E-state index contributed by atoms with van der Waals surface area (Å²) in [6.07, 6.45) is 1.46. The monoisotopic (exact) mass is 388 g/mol. The number of ether oxygens (including phenoxy) is 3. The second-order valence-electron chi connectivity index (χ2n) is 5.58. The average Bonchev–Trinajstić information content (AvgIpc) is 2.95. The van der Waals surface area contributed by atoms with Crippen LogP contribution in [0.3, 0.4) is 0 Å². The third kappa shape index (κ3) is 3.54. The average molecular weight is 389 g/mol. The van der Waals surface area contributed by atoms with Crippen LogP contribution >= 0.6 is 11.6 Å². The maximum atomic E-state index is 12.7. The summed E-state index contributed by atoms with van der Waals surface area (Å²) in [6.45, 7) is 0. The first-order valence-corrected chi connectivity index (χ1v) is 8.29. The Bertz CT molecular complexity index is 916. The van der Waals surface area contributed by atoms with E-state index in [-0.39, 0.29) is 5.57 Å². The summed E-state index contributed by atoms with van der Waals surface area (Å²) in [5, 5.41) is 1.61. The number of hydrogen-bond donors (Lipinski definition) is 1. The molecule has 8 heteroatoms. The number of benzene rings is 2. The summed E-state index contributed by atoms with van der Waals surface area (Å²) >= 11 is 5.96. The molecule has 0 aromatic heterocycles. The van der Waals surface area contributed by atoms with Crippen LogP contribution < -0.4 is 24.6 Å². The summed E-state index contributed by atoms with van der Waals surface area (Å²) < 4.78 is 15.9. The van der Waals surface area contributed by atoms with Crippen molar-refractivity contribution in [3.05, 3.63) is 52.6 Å². The van der Waals surface area contributed by atoms with E-state index < -0.39 is 11.8 Å². The van der Waals surface area contributed by atoms with Crippen LogP contribution in [-0.4, -0.2) is 33.1 Å². The van der Waals surface area contributed by atoms with Gasteiger partial charge in [-0.15, -0.1) is 0 Å². The quantitative estimate of drug-likeness (QED) is 0.629. The lowest BCUT2D eigenvalue weighted by Crippen LogP contribution is -2.35. The molecule has 1 aliphatic heterocycles. The first-order chi connectivity index (χ1) is 13.0. The lowest BCUT2D eigenvalue weighted by molar-refractivity contribution is -0.117. The Balaban J connectivity index is 2.00. The highest BCUT2D eigenvalue weighted by molar-refractivity contribution is 6.33. The Morgan fingerprint density at radius 3 is 2.22 bits per heavy atom. The Morgan fingerprint density at radius 2 is 1.67 bits per heavy atom. The molecular weight excluding hydrogens is 372 g/mol. The minimum absolute atomic E-state index is 0.0238. The minimum Gasteiger partial charge on any atom is -0.493 e. The summed E-state index contributed by atoms with van der Waals surface area (Å²) in [7, 11) is 4.47. The Labute approximate surface area is 161 Å². The molecule has 1 N–H and O–H groups in total.